The molecule has 1 atom stereocenters. The van der Waals surface area contributed by atoms with E-state index in [0.717, 1.165) is 29.8 Å². The van der Waals surface area contributed by atoms with E-state index in [2.05, 4.69) is 33.4 Å². The minimum Gasteiger partial charge on any atom is -0.493 e. The number of rotatable bonds is 5. The molecule has 5 rings (SSSR count). The number of hydrogen-bond acceptors (Lipinski definition) is 6. The molecule has 0 N–H and O–H groups in total. The summed E-state index contributed by atoms with van der Waals surface area (Å²) in [6.45, 7) is 1.10. The zero-order chi connectivity index (χ0) is 22.1. The van der Waals surface area contributed by atoms with Crippen LogP contribution in [0.5, 0.6) is 11.5 Å². The zero-order valence-electron chi connectivity index (χ0n) is 18.1. The molecule has 0 aliphatic carbocycles. The second-order valence-electron chi connectivity index (χ2n) is 7.83. The number of benzene rings is 3. The van der Waals surface area contributed by atoms with Crippen LogP contribution in [0, 0.1) is 0 Å². The van der Waals surface area contributed by atoms with Crippen LogP contribution in [0.15, 0.2) is 71.5 Å². The first-order valence-corrected chi connectivity index (χ1v) is 10.6. The van der Waals surface area contributed by atoms with Crippen LogP contribution in [-0.4, -0.2) is 40.7 Å². The molecule has 0 fully saturated rings. The molecule has 162 valence electrons. The average molecular weight is 428 g/mol. The third-order valence-electron chi connectivity index (χ3n) is 6.03. The first kappa shape index (κ1) is 20.2. The summed E-state index contributed by atoms with van der Waals surface area (Å²) >= 11 is 0. The van der Waals surface area contributed by atoms with E-state index in [1.807, 2.05) is 36.4 Å². The summed E-state index contributed by atoms with van der Waals surface area (Å²) in [5.41, 5.74) is 3.96. The largest absolute Gasteiger partial charge is 0.493 e. The van der Waals surface area contributed by atoms with Crippen molar-refractivity contribution in [2.24, 2.45) is 0 Å². The Balaban J connectivity index is 1.60. The maximum Gasteiger partial charge on any atom is 0.278 e. The van der Waals surface area contributed by atoms with E-state index in [9.17, 15) is 4.79 Å². The summed E-state index contributed by atoms with van der Waals surface area (Å²) in [7, 11) is 3.30. The lowest BCUT2D eigenvalue weighted by atomic mass is 9.88. The van der Waals surface area contributed by atoms with Gasteiger partial charge in [-0.2, -0.15) is 4.68 Å². The van der Waals surface area contributed by atoms with Crippen molar-refractivity contribution in [1.82, 2.24) is 19.9 Å². The monoisotopic (exact) mass is 428 g/mol. The fourth-order valence-corrected chi connectivity index (χ4v) is 4.46. The van der Waals surface area contributed by atoms with Crippen molar-refractivity contribution in [3.05, 3.63) is 93.8 Å². The van der Waals surface area contributed by atoms with Gasteiger partial charge in [0.1, 0.15) is 5.52 Å². The Hall–Kier alpha value is -3.71. The van der Waals surface area contributed by atoms with E-state index < -0.39 is 0 Å². The molecule has 1 aliphatic rings. The van der Waals surface area contributed by atoms with Crippen molar-refractivity contribution < 1.29 is 9.47 Å². The van der Waals surface area contributed by atoms with E-state index in [0.29, 0.717) is 23.3 Å². The van der Waals surface area contributed by atoms with Gasteiger partial charge in [0.05, 0.1) is 32.3 Å². The van der Waals surface area contributed by atoms with E-state index in [-0.39, 0.29) is 11.6 Å². The lowest BCUT2D eigenvalue weighted by Gasteiger charge is -2.37. The highest BCUT2D eigenvalue weighted by atomic mass is 16.5. The van der Waals surface area contributed by atoms with Crippen molar-refractivity contribution in [3.63, 3.8) is 0 Å². The van der Waals surface area contributed by atoms with Crippen molar-refractivity contribution in [3.8, 4) is 11.5 Å². The molecular weight excluding hydrogens is 404 g/mol. The van der Waals surface area contributed by atoms with Gasteiger partial charge in [-0.05, 0) is 47.4 Å². The van der Waals surface area contributed by atoms with Crippen LogP contribution >= 0.6 is 0 Å². The Morgan fingerprint density at radius 1 is 0.969 bits per heavy atom. The van der Waals surface area contributed by atoms with Gasteiger partial charge in [0.15, 0.2) is 11.5 Å². The fraction of sp³-hybridized carbons (Fsp3) is 0.240. The van der Waals surface area contributed by atoms with Gasteiger partial charge in [0.2, 0.25) is 0 Å². The highest BCUT2D eigenvalue weighted by molar-refractivity contribution is 5.76. The summed E-state index contributed by atoms with van der Waals surface area (Å²) in [6, 6.07) is 21.6. The van der Waals surface area contributed by atoms with Crippen LogP contribution < -0.4 is 15.0 Å². The Bertz CT molecular complexity index is 1320. The quantitative estimate of drug-likeness (QED) is 0.485. The highest BCUT2D eigenvalue weighted by Gasteiger charge is 2.31. The van der Waals surface area contributed by atoms with Crippen LogP contribution in [0.1, 0.15) is 22.7 Å². The topological polar surface area (TPSA) is 69.5 Å². The molecule has 0 spiro atoms. The molecule has 0 bridgehead atoms. The summed E-state index contributed by atoms with van der Waals surface area (Å²) in [6.07, 6.45) is 0.828. The second kappa shape index (κ2) is 8.43. The molecule has 4 aromatic rings. The SMILES string of the molecule is COc1cc2c(cc1OC)[C@H](c1ccccc1)N(Cn1nnc3ccccc3c1=O)CC2. The van der Waals surface area contributed by atoms with Crippen LogP contribution in [0.3, 0.4) is 0 Å². The van der Waals surface area contributed by atoms with Crippen molar-refractivity contribution in [2.75, 3.05) is 20.8 Å². The van der Waals surface area contributed by atoms with E-state index in [1.54, 1.807) is 26.4 Å². The standard InChI is InChI=1S/C25H24N4O3/c1-31-22-14-18-12-13-28(16-29-25(30)19-10-6-7-11-21(19)26-27-29)24(17-8-4-3-5-9-17)20(18)15-23(22)32-2/h3-11,14-15,24H,12-13,16H2,1-2H3/t24-/m0/s1. The maximum atomic E-state index is 13.1. The van der Waals surface area contributed by atoms with E-state index in [4.69, 9.17) is 9.47 Å². The fourth-order valence-electron chi connectivity index (χ4n) is 4.46. The first-order valence-electron chi connectivity index (χ1n) is 10.6. The molecule has 0 unspecified atom stereocenters. The smallest absolute Gasteiger partial charge is 0.278 e. The number of hydrogen-bond donors (Lipinski definition) is 0. The normalized spacial score (nSPS) is 16.0. The van der Waals surface area contributed by atoms with Gasteiger partial charge in [-0.1, -0.05) is 47.7 Å². The first-order chi connectivity index (χ1) is 15.7. The molecule has 0 radical (unpaired) electrons. The number of ether oxygens (including phenoxy) is 2. The van der Waals surface area contributed by atoms with Gasteiger partial charge in [-0.15, -0.1) is 5.10 Å². The molecule has 0 amide bonds. The van der Waals surface area contributed by atoms with E-state index >= 15 is 0 Å². The summed E-state index contributed by atoms with van der Waals surface area (Å²) in [4.78, 5) is 15.3. The minimum absolute atomic E-state index is 0.0556. The Kier molecular flexibility index (Phi) is 5.33. The second-order valence-corrected chi connectivity index (χ2v) is 7.83. The number of methoxy groups -OCH3 is 2. The van der Waals surface area contributed by atoms with Gasteiger partial charge in [0.25, 0.3) is 5.56 Å². The lowest BCUT2D eigenvalue weighted by Crippen LogP contribution is -2.41. The van der Waals surface area contributed by atoms with Crippen LogP contribution in [-0.2, 0) is 13.1 Å². The molecule has 1 aromatic heterocycles. The van der Waals surface area contributed by atoms with Gasteiger partial charge < -0.3 is 9.47 Å². The zero-order valence-corrected chi connectivity index (χ0v) is 18.1. The predicted octanol–water partition coefficient (Wildman–Crippen LogP) is 3.41. The van der Waals surface area contributed by atoms with Gasteiger partial charge in [-0.3, -0.25) is 9.69 Å². The molecule has 1 aliphatic heterocycles. The van der Waals surface area contributed by atoms with Gasteiger partial charge in [-0.25, -0.2) is 0 Å². The molecular formula is C25H24N4O3. The number of aromatic nitrogens is 3. The molecule has 32 heavy (non-hydrogen) atoms. The van der Waals surface area contributed by atoms with Crippen molar-refractivity contribution in [1.29, 1.82) is 0 Å². The molecule has 0 saturated carbocycles. The summed E-state index contributed by atoms with van der Waals surface area (Å²) in [5, 5.41) is 9.03. The molecule has 7 nitrogen and oxygen atoms in total. The lowest BCUT2D eigenvalue weighted by molar-refractivity contribution is 0.150. The van der Waals surface area contributed by atoms with Gasteiger partial charge in [0, 0.05) is 6.54 Å². The summed E-state index contributed by atoms with van der Waals surface area (Å²) < 4.78 is 12.6. The highest BCUT2D eigenvalue weighted by Crippen LogP contribution is 2.41. The molecule has 7 heteroatoms. The summed E-state index contributed by atoms with van der Waals surface area (Å²) in [5.74, 6) is 1.42. The van der Waals surface area contributed by atoms with Gasteiger partial charge >= 0.3 is 0 Å². The third kappa shape index (κ3) is 3.50. The van der Waals surface area contributed by atoms with Crippen LogP contribution in [0.4, 0.5) is 0 Å². The number of nitrogens with zero attached hydrogens (tertiary/aromatic N) is 4. The van der Waals surface area contributed by atoms with E-state index in [1.165, 1.54) is 10.2 Å². The van der Waals surface area contributed by atoms with Crippen LogP contribution in [0.25, 0.3) is 10.9 Å². The predicted molar refractivity (Wildman–Crippen MR) is 122 cm³/mol. The van der Waals surface area contributed by atoms with Crippen LogP contribution in [0.2, 0.25) is 0 Å². The minimum atomic E-state index is -0.138. The third-order valence-corrected chi connectivity index (χ3v) is 6.03. The Labute approximate surface area is 185 Å². The van der Waals surface area contributed by atoms with Crippen molar-refractivity contribution in [2.45, 2.75) is 19.1 Å². The average Bonchev–Trinajstić information content (AvgIpc) is 2.85. The number of fused-ring (bicyclic) bond motifs is 2. The van der Waals surface area contributed by atoms with Crippen molar-refractivity contribution >= 4 is 10.9 Å². The molecule has 2 heterocycles. The molecule has 0 saturated heterocycles. The molecule has 3 aromatic carbocycles. The Morgan fingerprint density at radius 3 is 2.47 bits per heavy atom. The maximum absolute atomic E-state index is 13.1. The Morgan fingerprint density at radius 2 is 1.69 bits per heavy atom.